The molecular weight excluding hydrogens is 342 g/mol. The van der Waals surface area contributed by atoms with Gasteiger partial charge in [0.1, 0.15) is 12.2 Å². The summed E-state index contributed by atoms with van der Waals surface area (Å²) in [6.45, 7) is 2.10. The fraction of sp³-hybridized carbons (Fsp3) is 0.300. The van der Waals surface area contributed by atoms with Gasteiger partial charge >= 0.3 is 0 Å². The van der Waals surface area contributed by atoms with Gasteiger partial charge in [-0.3, -0.25) is 9.59 Å². The van der Waals surface area contributed by atoms with Crippen molar-refractivity contribution in [2.24, 2.45) is 5.92 Å². The monoisotopic (exact) mass is 363 g/mol. The Morgan fingerprint density at radius 2 is 2.19 bits per heavy atom. The van der Waals surface area contributed by atoms with Crippen molar-refractivity contribution in [3.05, 3.63) is 65.0 Å². The minimum atomic E-state index is -0.302. The average molecular weight is 363 g/mol. The van der Waals surface area contributed by atoms with Gasteiger partial charge in [-0.05, 0) is 42.9 Å². The number of amides is 1. The SMILES string of the molecule is CC1CC=C(c2ccc(=O)n(CC(=O)Nc3ccn4ccnc4c3)n2)CC1. The second-order valence-electron chi connectivity index (χ2n) is 6.98. The van der Waals surface area contributed by atoms with Crippen LogP contribution in [0.15, 0.2) is 53.7 Å². The lowest BCUT2D eigenvalue weighted by atomic mass is 9.90. The predicted molar refractivity (Wildman–Crippen MR) is 103 cm³/mol. The molecule has 0 bridgehead atoms. The third kappa shape index (κ3) is 3.81. The van der Waals surface area contributed by atoms with Gasteiger partial charge in [0.2, 0.25) is 5.91 Å². The largest absolute Gasteiger partial charge is 0.324 e. The number of anilines is 1. The van der Waals surface area contributed by atoms with E-state index in [-0.39, 0.29) is 18.0 Å². The van der Waals surface area contributed by atoms with Crippen LogP contribution in [-0.4, -0.2) is 25.1 Å². The zero-order valence-electron chi connectivity index (χ0n) is 15.1. The Kier molecular flexibility index (Phi) is 4.58. The number of hydrogen-bond acceptors (Lipinski definition) is 4. The molecular formula is C20H21N5O2. The van der Waals surface area contributed by atoms with Gasteiger partial charge in [-0.25, -0.2) is 9.67 Å². The van der Waals surface area contributed by atoms with E-state index in [9.17, 15) is 9.59 Å². The summed E-state index contributed by atoms with van der Waals surface area (Å²) in [5.74, 6) is 0.377. The zero-order chi connectivity index (χ0) is 18.8. The standard InChI is InChI=1S/C20H21N5O2/c1-14-2-4-15(5-3-14)17-6-7-20(27)25(23-17)13-19(26)22-16-8-10-24-11-9-21-18(24)12-16/h4,6-12,14H,2-3,5,13H2,1H3,(H,22,26). The van der Waals surface area contributed by atoms with Crippen molar-refractivity contribution in [2.75, 3.05) is 5.32 Å². The summed E-state index contributed by atoms with van der Waals surface area (Å²) in [6.07, 6.45) is 10.6. The summed E-state index contributed by atoms with van der Waals surface area (Å²) < 4.78 is 3.07. The van der Waals surface area contributed by atoms with Crippen molar-refractivity contribution in [2.45, 2.75) is 32.7 Å². The molecule has 3 aromatic heterocycles. The van der Waals surface area contributed by atoms with E-state index in [1.165, 1.54) is 10.7 Å². The lowest BCUT2D eigenvalue weighted by Gasteiger charge is -2.18. The second kappa shape index (κ2) is 7.19. The lowest BCUT2D eigenvalue weighted by Crippen LogP contribution is -2.29. The van der Waals surface area contributed by atoms with E-state index < -0.39 is 0 Å². The minimum Gasteiger partial charge on any atom is -0.324 e. The Balaban J connectivity index is 1.50. The molecule has 7 heteroatoms. The molecule has 0 aromatic carbocycles. The Morgan fingerprint density at radius 3 is 3.00 bits per heavy atom. The molecule has 3 heterocycles. The van der Waals surface area contributed by atoms with E-state index in [0.717, 1.165) is 36.2 Å². The average Bonchev–Trinajstić information content (AvgIpc) is 3.12. The highest BCUT2D eigenvalue weighted by atomic mass is 16.2. The number of allylic oxidation sites excluding steroid dienone is 2. The number of carbonyl (C=O) groups excluding carboxylic acids is 1. The molecule has 3 aromatic rings. The van der Waals surface area contributed by atoms with Crippen molar-refractivity contribution in [3.8, 4) is 0 Å². The maximum atomic E-state index is 12.4. The Bertz CT molecular complexity index is 1080. The van der Waals surface area contributed by atoms with Crippen LogP contribution in [0.2, 0.25) is 0 Å². The molecule has 0 spiro atoms. The van der Waals surface area contributed by atoms with Gasteiger partial charge in [0.15, 0.2) is 0 Å². The molecule has 1 aliphatic carbocycles. The number of imidazole rings is 1. The molecule has 4 rings (SSSR count). The molecule has 0 saturated carbocycles. The first-order valence-corrected chi connectivity index (χ1v) is 9.08. The second-order valence-corrected chi connectivity index (χ2v) is 6.98. The van der Waals surface area contributed by atoms with Crippen LogP contribution in [0, 0.1) is 5.92 Å². The highest BCUT2D eigenvalue weighted by Crippen LogP contribution is 2.28. The first-order chi connectivity index (χ1) is 13.1. The quantitative estimate of drug-likeness (QED) is 0.773. The normalized spacial score (nSPS) is 16.9. The Morgan fingerprint density at radius 1 is 1.30 bits per heavy atom. The zero-order valence-corrected chi connectivity index (χ0v) is 15.1. The summed E-state index contributed by atoms with van der Waals surface area (Å²) in [5.41, 5.74) is 3.00. The molecule has 0 fully saturated rings. The van der Waals surface area contributed by atoms with Crippen LogP contribution >= 0.6 is 0 Å². The lowest BCUT2D eigenvalue weighted by molar-refractivity contribution is -0.117. The van der Waals surface area contributed by atoms with E-state index in [1.54, 1.807) is 24.4 Å². The fourth-order valence-electron chi connectivity index (χ4n) is 3.26. The Labute approximate surface area is 156 Å². The van der Waals surface area contributed by atoms with Gasteiger partial charge in [-0.2, -0.15) is 5.10 Å². The number of carbonyl (C=O) groups is 1. The minimum absolute atomic E-state index is 0.129. The molecule has 1 N–H and O–H groups in total. The first kappa shape index (κ1) is 17.2. The van der Waals surface area contributed by atoms with Crippen molar-refractivity contribution in [3.63, 3.8) is 0 Å². The first-order valence-electron chi connectivity index (χ1n) is 9.08. The highest BCUT2D eigenvalue weighted by Gasteiger charge is 2.14. The number of fused-ring (bicyclic) bond motifs is 1. The summed E-state index contributed by atoms with van der Waals surface area (Å²) in [7, 11) is 0. The van der Waals surface area contributed by atoms with Crippen LogP contribution in [0.25, 0.3) is 11.2 Å². The number of nitrogens with one attached hydrogen (secondary N) is 1. The molecule has 7 nitrogen and oxygen atoms in total. The van der Waals surface area contributed by atoms with Crippen LogP contribution in [-0.2, 0) is 11.3 Å². The molecule has 0 radical (unpaired) electrons. The number of pyridine rings is 1. The highest BCUT2D eigenvalue weighted by molar-refractivity contribution is 5.90. The van der Waals surface area contributed by atoms with E-state index in [4.69, 9.17) is 0 Å². The number of aromatic nitrogens is 4. The topological polar surface area (TPSA) is 81.3 Å². The summed E-state index contributed by atoms with van der Waals surface area (Å²) >= 11 is 0. The van der Waals surface area contributed by atoms with Crippen LogP contribution in [0.1, 0.15) is 31.9 Å². The van der Waals surface area contributed by atoms with E-state index in [0.29, 0.717) is 11.6 Å². The Hall–Kier alpha value is -3.22. The molecule has 1 atom stereocenters. The van der Waals surface area contributed by atoms with Crippen molar-refractivity contribution < 1.29 is 4.79 Å². The van der Waals surface area contributed by atoms with Crippen molar-refractivity contribution in [1.29, 1.82) is 0 Å². The predicted octanol–water partition coefficient (Wildman–Crippen LogP) is 2.73. The molecule has 1 amide bonds. The fourth-order valence-corrected chi connectivity index (χ4v) is 3.26. The number of nitrogens with zero attached hydrogens (tertiary/aromatic N) is 4. The van der Waals surface area contributed by atoms with Crippen LogP contribution in [0.3, 0.4) is 0 Å². The number of hydrogen-bond donors (Lipinski definition) is 1. The van der Waals surface area contributed by atoms with Gasteiger partial charge in [0.25, 0.3) is 5.56 Å². The smallest absolute Gasteiger partial charge is 0.267 e. The molecule has 0 aliphatic heterocycles. The maximum absolute atomic E-state index is 12.4. The summed E-state index contributed by atoms with van der Waals surface area (Å²) in [5, 5.41) is 7.20. The van der Waals surface area contributed by atoms with Gasteiger partial charge in [-0.1, -0.05) is 13.0 Å². The van der Waals surface area contributed by atoms with E-state index in [2.05, 4.69) is 28.4 Å². The van der Waals surface area contributed by atoms with Crippen LogP contribution in [0.4, 0.5) is 5.69 Å². The van der Waals surface area contributed by atoms with E-state index >= 15 is 0 Å². The molecule has 1 aliphatic rings. The molecule has 138 valence electrons. The van der Waals surface area contributed by atoms with Crippen molar-refractivity contribution >= 4 is 22.8 Å². The third-order valence-electron chi connectivity index (χ3n) is 4.84. The molecule has 0 saturated heterocycles. The van der Waals surface area contributed by atoms with Gasteiger partial charge in [0, 0.05) is 36.4 Å². The third-order valence-corrected chi connectivity index (χ3v) is 4.84. The molecule has 27 heavy (non-hydrogen) atoms. The van der Waals surface area contributed by atoms with Gasteiger partial charge < -0.3 is 9.72 Å². The van der Waals surface area contributed by atoms with Gasteiger partial charge in [-0.15, -0.1) is 0 Å². The van der Waals surface area contributed by atoms with Crippen LogP contribution in [0.5, 0.6) is 0 Å². The number of rotatable bonds is 4. The van der Waals surface area contributed by atoms with Crippen LogP contribution < -0.4 is 10.9 Å². The summed E-state index contributed by atoms with van der Waals surface area (Å²) in [4.78, 5) is 28.7. The summed E-state index contributed by atoms with van der Waals surface area (Å²) in [6, 6.07) is 6.78. The van der Waals surface area contributed by atoms with Crippen molar-refractivity contribution in [1.82, 2.24) is 19.2 Å². The van der Waals surface area contributed by atoms with E-state index in [1.807, 2.05) is 16.8 Å². The molecule has 1 unspecified atom stereocenters. The maximum Gasteiger partial charge on any atom is 0.267 e. The van der Waals surface area contributed by atoms with Gasteiger partial charge in [0.05, 0.1) is 5.69 Å².